The summed E-state index contributed by atoms with van der Waals surface area (Å²) in [4.78, 5) is 8.54. The van der Waals surface area contributed by atoms with Gasteiger partial charge in [0.25, 0.3) is 0 Å². The van der Waals surface area contributed by atoms with Crippen molar-refractivity contribution in [1.82, 2.24) is 9.97 Å². The normalized spacial score (nSPS) is 10.9. The summed E-state index contributed by atoms with van der Waals surface area (Å²) in [5.41, 5.74) is 0.602. The van der Waals surface area contributed by atoms with Crippen LogP contribution in [-0.4, -0.2) is 9.97 Å². The third kappa shape index (κ3) is 3.67. The van der Waals surface area contributed by atoms with Crippen molar-refractivity contribution in [2.45, 2.75) is 19.8 Å². The highest BCUT2D eigenvalue weighted by Crippen LogP contribution is 2.34. The van der Waals surface area contributed by atoms with E-state index in [0.29, 0.717) is 37.6 Å². The van der Waals surface area contributed by atoms with Crippen molar-refractivity contribution in [3.05, 3.63) is 44.2 Å². The van der Waals surface area contributed by atoms with Crippen LogP contribution in [0.1, 0.15) is 25.6 Å². The van der Waals surface area contributed by atoms with E-state index < -0.39 is 0 Å². The lowest BCUT2D eigenvalue weighted by Crippen LogP contribution is -2.02. The molecule has 0 saturated heterocycles. The number of nitrogens with zero attached hydrogens (tertiary/aromatic N) is 2. The fourth-order valence-electron chi connectivity index (χ4n) is 1.51. The summed E-state index contributed by atoms with van der Waals surface area (Å²) in [6.07, 6.45) is 0. The SMILES string of the molecule is CC(C)c1nc(Cl)cc(Nc2cc(Cl)c(Cl)cc2Cl)n1. The average molecular weight is 351 g/mol. The van der Waals surface area contributed by atoms with Crippen LogP contribution in [0.4, 0.5) is 11.5 Å². The summed E-state index contributed by atoms with van der Waals surface area (Å²) in [5.74, 6) is 1.36. The average Bonchev–Trinajstić information content (AvgIpc) is 2.35. The highest BCUT2D eigenvalue weighted by atomic mass is 35.5. The van der Waals surface area contributed by atoms with Crippen molar-refractivity contribution in [3.8, 4) is 0 Å². The van der Waals surface area contributed by atoms with E-state index in [-0.39, 0.29) is 5.92 Å². The molecule has 0 amide bonds. The summed E-state index contributed by atoms with van der Waals surface area (Å²) in [6.45, 7) is 3.98. The van der Waals surface area contributed by atoms with Gasteiger partial charge in [-0.3, -0.25) is 0 Å². The van der Waals surface area contributed by atoms with Crippen molar-refractivity contribution >= 4 is 57.9 Å². The lowest BCUT2D eigenvalue weighted by molar-refractivity contribution is 0.776. The second-order valence-corrected chi connectivity index (χ2v) is 6.07. The first-order valence-electron chi connectivity index (χ1n) is 5.83. The Hall–Kier alpha value is -0.740. The van der Waals surface area contributed by atoms with Gasteiger partial charge in [0.05, 0.1) is 20.8 Å². The molecule has 0 saturated carbocycles. The van der Waals surface area contributed by atoms with Crippen LogP contribution in [0.2, 0.25) is 20.2 Å². The number of hydrogen-bond acceptors (Lipinski definition) is 3. The molecule has 2 aromatic rings. The van der Waals surface area contributed by atoms with Gasteiger partial charge in [-0.05, 0) is 12.1 Å². The zero-order chi connectivity index (χ0) is 14.9. The first kappa shape index (κ1) is 15.6. The maximum Gasteiger partial charge on any atom is 0.135 e. The van der Waals surface area contributed by atoms with E-state index in [0.717, 1.165) is 0 Å². The highest BCUT2D eigenvalue weighted by Gasteiger charge is 2.10. The fraction of sp³-hybridized carbons (Fsp3) is 0.231. The van der Waals surface area contributed by atoms with Crippen LogP contribution in [0.3, 0.4) is 0 Å². The van der Waals surface area contributed by atoms with Gasteiger partial charge in [-0.25, -0.2) is 9.97 Å². The third-order valence-corrected chi connectivity index (χ3v) is 3.73. The van der Waals surface area contributed by atoms with Crippen LogP contribution in [0.15, 0.2) is 18.2 Å². The molecule has 7 heteroatoms. The number of aromatic nitrogens is 2. The van der Waals surface area contributed by atoms with Crippen molar-refractivity contribution in [1.29, 1.82) is 0 Å². The van der Waals surface area contributed by atoms with E-state index in [1.54, 1.807) is 18.2 Å². The Labute approximate surface area is 137 Å². The Morgan fingerprint density at radius 3 is 2.20 bits per heavy atom. The number of anilines is 2. The number of halogens is 4. The Morgan fingerprint density at radius 1 is 0.900 bits per heavy atom. The summed E-state index contributed by atoms with van der Waals surface area (Å²) in [5, 5.41) is 4.67. The van der Waals surface area contributed by atoms with Crippen LogP contribution in [-0.2, 0) is 0 Å². The number of hydrogen-bond donors (Lipinski definition) is 1. The molecule has 1 aromatic heterocycles. The summed E-state index contributed by atoms with van der Waals surface area (Å²) >= 11 is 24.0. The fourth-order valence-corrected chi connectivity index (χ4v) is 2.30. The Balaban J connectivity index is 2.37. The number of benzene rings is 1. The first-order valence-corrected chi connectivity index (χ1v) is 7.34. The van der Waals surface area contributed by atoms with Crippen LogP contribution in [0, 0.1) is 0 Å². The van der Waals surface area contributed by atoms with Crippen LogP contribution >= 0.6 is 46.4 Å². The minimum absolute atomic E-state index is 0.165. The van der Waals surface area contributed by atoms with Crippen LogP contribution in [0.25, 0.3) is 0 Å². The summed E-state index contributed by atoms with van der Waals surface area (Å²) in [7, 11) is 0. The van der Waals surface area contributed by atoms with Crippen molar-refractivity contribution in [3.63, 3.8) is 0 Å². The second-order valence-electron chi connectivity index (χ2n) is 4.46. The van der Waals surface area contributed by atoms with E-state index >= 15 is 0 Å². The van der Waals surface area contributed by atoms with E-state index in [1.807, 2.05) is 13.8 Å². The maximum atomic E-state index is 6.11. The quantitative estimate of drug-likeness (QED) is 0.548. The highest BCUT2D eigenvalue weighted by molar-refractivity contribution is 6.44. The van der Waals surface area contributed by atoms with Crippen molar-refractivity contribution < 1.29 is 0 Å². The molecule has 20 heavy (non-hydrogen) atoms. The molecule has 0 unspecified atom stereocenters. The zero-order valence-electron chi connectivity index (χ0n) is 10.7. The number of nitrogens with one attached hydrogen (secondary N) is 1. The van der Waals surface area contributed by atoms with E-state index in [1.165, 1.54) is 0 Å². The molecule has 2 rings (SSSR count). The maximum absolute atomic E-state index is 6.11. The van der Waals surface area contributed by atoms with Gasteiger partial charge in [0.2, 0.25) is 0 Å². The summed E-state index contributed by atoms with van der Waals surface area (Å²) < 4.78 is 0. The molecule has 0 aliphatic heterocycles. The molecular formula is C13H11Cl4N3. The Morgan fingerprint density at radius 2 is 1.55 bits per heavy atom. The molecule has 0 aliphatic rings. The third-order valence-electron chi connectivity index (χ3n) is 2.50. The molecule has 0 spiro atoms. The predicted molar refractivity (Wildman–Crippen MR) is 85.9 cm³/mol. The molecule has 0 atom stereocenters. The molecule has 106 valence electrons. The minimum atomic E-state index is 0.165. The molecule has 3 nitrogen and oxygen atoms in total. The van der Waals surface area contributed by atoms with Gasteiger partial charge in [0.15, 0.2) is 0 Å². The van der Waals surface area contributed by atoms with E-state index in [9.17, 15) is 0 Å². The van der Waals surface area contributed by atoms with Gasteiger partial charge in [0.1, 0.15) is 16.8 Å². The number of rotatable bonds is 3. The van der Waals surface area contributed by atoms with Crippen LogP contribution < -0.4 is 5.32 Å². The van der Waals surface area contributed by atoms with Crippen molar-refractivity contribution in [2.75, 3.05) is 5.32 Å². The molecule has 0 radical (unpaired) electrons. The smallest absolute Gasteiger partial charge is 0.135 e. The molecule has 0 bridgehead atoms. The lowest BCUT2D eigenvalue weighted by Gasteiger charge is -2.11. The molecular weight excluding hydrogens is 340 g/mol. The van der Waals surface area contributed by atoms with Crippen LogP contribution in [0.5, 0.6) is 0 Å². The molecule has 0 fully saturated rings. The van der Waals surface area contributed by atoms with E-state index in [4.69, 9.17) is 46.4 Å². The van der Waals surface area contributed by atoms with Gasteiger partial charge < -0.3 is 5.32 Å². The summed E-state index contributed by atoms with van der Waals surface area (Å²) in [6, 6.07) is 4.82. The standard InChI is InChI=1S/C13H11Cl4N3/c1-6(2)13-19-11(17)5-12(20-13)18-10-4-8(15)7(14)3-9(10)16/h3-6H,1-2H3,(H,18,19,20). The van der Waals surface area contributed by atoms with Gasteiger partial charge in [-0.2, -0.15) is 0 Å². The van der Waals surface area contributed by atoms with Gasteiger partial charge >= 0.3 is 0 Å². The molecule has 1 aromatic carbocycles. The lowest BCUT2D eigenvalue weighted by atomic mass is 10.2. The monoisotopic (exact) mass is 349 g/mol. The Kier molecular flexibility index (Phi) is 4.97. The van der Waals surface area contributed by atoms with Gasteiger partial charge in [0, 0.05) is 12.0 Å². The molecule has 1 heterocycles. The minimum Gasteiger partial charge on any atom is -0.339 e. The van der Waals surface area contributed by atoms with E-state index in [2.05, 4.69) is 15.3 Å². The van der Waals surface area contributed by atoms with Gasteiger partial charge in [-0.1, -0.05) is 60.3 Å². The first-order chi connectivity index (χ1) is 9.36. The zero-order valence-corrected chi connectivity index (χ0v) is 13.7. The predicted octanol–water partition coefficient (Wildman–Crippen LogP) is 5.96. The largest absolute Gasteiger partial charge is 0.339 e. The second kappa shape index (κ2) is 6.35. The Bertz CT molecular complexity index is 644. The topological polar surface area (TPSA) is 37.8 Å². The molecule has 1 N–H and O–H groups in total. The van der Waals surface area contributed by atoms with Crippen molar-refractivity contribution in [2.24, 2.45) is 0 Å². The van der Waals surface area contributed by atoms with Gasteiger partial charge in [-0.15, -0.1) is 0 Å². The molecule has 0 aliphatic carbocycles.